The van der Waals surface area contributed by atoms with Gasteiger partial charge in [-0.2, -0.15) is 0 Å². The van der Waals surface area contributed by atoms with E-state index in [1.54, 1.807) is 6.92 Å². The zero-order chi connectivity index (χ0) is 9.90. The van der Waals surface area contributed by atoms with Gasteiger partial charge in [-0.25, -0.2) is 0 Å². The fraction of sp³-hybridized carbons (Fsp3) is 0.333. The van der Waals surface area contributed by atoms with Crippen LogP contribution in [0.4, 0.5) is 5.69 Å². The summed E-state index contributed by atoms with van der Waals surface area (Å²) < 4.78 is 21.4. The molecule has 0 saturated carbocycles. The predicted octanol–water partition coefficient (Wildman–Crippen LogP) is 3.09. The standard InChI is InChI=1S/C9H15NO2S/c1-3-13(11,12)10-9-6-4-8(2)5-7-9/h4-7,10-12H,3H2,1-2H3. The first kappa shape index (κ1) is 10.4. The summed E-state index contributed by atoms with van der Waals surface area (Å²) in [5, 5.41) is 0. The van der Waals surface area contributed by atoms with Crippen LogP contribution in [0, 0.1) is 6.92 Å². The molecule has 74 valence electrons. The van der Waals surface area contributed by atoms with Gasteiger partial charge in [0.05, 0.1) is 11.4 Å². The molecule has 4 heteroatoms. The quantitative estimate of drug-likeness (QED) is 0.704. The number of benzene rings is 1. The Hall–Kier alpha value is -0.710. The lowest BCUT2D eigenvalue weighted by molar-refractivity contribution is 0.496. The van der Waals surface area contributed by atoms with Crippen molar-refractivity contribution in [2.24, 2.45) is 0 Å². The second kappa shape index (κ2) is 4.00. The number of aryl methyl sites for hydroxylation is 1. The summed E-state index contributed by atoms with van der Waals surface area (Å²) >= 11 is 0. The zero-order valence-electron chi connectivity index (χ0n) is 7.82. The van der Waals surface area contributed by atoms with E-state index in [9.17, 15) is 9.11 Å². The molecule has 3 nitrogen and oxygen atoms in total. The fourth-order valence-electron chi connectivity index (χ4n) is 0.883. The van der Waals surface area contributed by atoms with E-state index < -0.39 is 10.8 Å². The molecule has 1 rings (SSSR count). The molecule has 0 aliphatic rings. The van der Waals surface area contributed by atoms with Crippen LogP contribution in [0.3, 0.4) is 0 Å². The predicted molar refractivity (Wildman–Crippen MR) is 58.2 cm³/mol. The third kappa shape index (κ3) is 3.26. The lowest BCUT2D eigenvalue weighted by Gasteiger charge is -2.32. The van der Waals surface area contributed by atoms with E-state index in [-0.39, 0.29) is 0 Å². The normalized spacial score (nSPS) is 12.6. The number of anilines is 1. The molecule has 0 radical (unpaired) electrons. The van der Waals surface area contributed by atoms with Crippen LogP contribution in [-0.4, -0.2) is 14.9 Å². The molecule has 0 atom stereocenters. The minimum absolute atomic E-state index is 0.320. The Bertz CT molecular complexity index is 271. The van der Waals surface area contributed by atoms with Crippen molar-refractivity contribution < 1.29 is 9.11 Å². The molecule has 0 bridgehead atoms. The molecule has 0 aliphatic heterocycles. The summed E-state index contributed by atoms with van der Waals surface area (Å²) in [6, 6.07) is 7.51. The minimum Gasteiger partial charge on any atom is -0.285 e. The molecule has 0 unspecified atom stereocenters. The van der Waals surface area contributed by atoms with Crippen LogP contribution in [0.5, 0.6) is 0 Å². The Morgan fingerprint density at radius 1 is 1.23 bits per heavy atom. The lowest BCUT2D eigenvalue weighted by atomic mass is 10.2. The highest BCUT2D eigenvalue weighted by atomic mass is 32.3. The summed E-state index contributed by atoms with van der Waals surface area (Å²) in [7, 11) is -2.64. The van der Waals surface area contributed by atoms with Crippen LogP contribution >= 0.6 is 10.8 Å². The Kier molecular flexibility index (Phi) is 3.19. The summed E-state index contributed by atoms with van der Waals surface area (Å²) in [5.41, 5.74) is 1.89. The fourth-order valence-corrected chi connectivity index (χ4v) is 1.54. The van der Waals surface area contributed by atoms with Gasteiger partial charge in [-0.05, 0) is 26.0 Å². The van der Waals surface area contributed by atoms with Gasteiger partial charge in [0.15, 0.2) is 0 Å². The molecule has 0 amide bonds. The van der Waals surface area contributed by atoms with Gasteiger partial charge < -0.3 is 0 Å². The Morgan fingerprint density at radius 3 is 2.23 bits per heavy atom. The molecule has 0 spiro atoms. The maximum absolute atomic E-state index is 9.37. The average Bonchev–Trinajstić information content (AvgIpc) is 2.09. The van der Waals surface area contributed by atoms with Crippen LogP contribution in [0.2, 0.25) is 0 Å². The molecule has 13 heavy (non-hydrogen) atoms. The second-order valence-corrected chi connectivity index (χ2v) is 5.04. The smallest absolute Gasteiger partial charge is 0.0548 e. The summed E-state index contributed by atoms with van der Waals surface area (Å²) in [6.45, 7) is 3.72. The molecule has 3 N–H and O–H groups in total. The van der Waals surface area contributed by atoms with Crippen molar-refractivity contribution in [3.8, 4) is 0 Å². The Balaban J connectivity index is 2.69. The molecule has 0 saturated heterocycles. The maximum Gasteiger partial charge on any atom is 0.0548 e. The topological polar surface area (TPSA) is 52.5 Å². The molecule has 1 aromatic rings. The molecular formula is C9H15NO2S. The van der Waals surface area contributed by atoms with E-state index in [0.29, 0.717) is 5.75 Å². The van der Waals surface area contributed by atoms with Gasteiger partial charge in [0.25, 0.3) is 0 Å². The third-order valence-electron chi connectivity index (χ3n) is 1.74. The molecule has 0 heterocycles. The van der Waals surface area contributed by atoms with E-state index in [1.807, 2.05) is 31.2 Å². The highest BCUT2D eigenvalue weighted by Gasteiger charge is 2.07. The first-order valence-corrected chi connectivity index (χ1v) is 5.85. The van der Waals surface area contributed by atoms with Crippen molar-refractivity contribution in [1.29, 1.82) is 0 Å². The minimum atomic E-state index is -2.64. The number of rotatable bonds is 3. The van der Waals surface area contributed by atoms with Crippen molar-refractivity contribution in [3.63, 3.8) is 0 Å². The average molecular weight is 201 g/mol. The third-order valence-corrected chi connectivity index (χ3v) is 3.10. The van der Waals surface area contributed by atoms with E-state index in [2.05, 4.69) is 4.72 Å². The van der Waals surface area contributed by atoms with Crippen LogP contribution < -0.4 is 4.72 Å². The van der Waals surface area contributed by atoms with Crippen LogP contribution in [0.1, 0.15) is 12.5 Å². The second-order valence-electron chi connectivity index (χ2n) is 2.92. The van der Waals surface area contributed by atoms with Gasteiger partial charge >= 0.3 is 0 Å². The summed E-state index contributed by atoms with van der Waals surface area (Å²) in [4.78, 5) is 0. The van der Waals surface area contributed by atoms with Crippen molar-refractivity contribution in [1.82, 2.24) is 0 Å². The first-order valence-electron chi connectivity index (χ1n) is 4.14. The van der Waals surface area contributed by atoms with Crippen molar-refractivity contribution >= 4 is 16.5 Å². The van der Waals surface area contributed by atoms with E-state index in [0.717, 1.165) is 11.3 Å². The molecular weight excluding hydrogens is 186 g/mol. The number of hydrogen-bond donors (Lipinski definition) is 3. The van der Waals surface area contributed by atoms with Gasteiger partial charge in [0.2, 0.25) is 0 Å². The highest BCUT2D eigenvalue weighted by molar-refractivity contribution is 8.25. The van der Waals surface area contributed by atoms with Gasteiger partial charge in [-0.3, -0.25) is 13.8 Å². The number of hydrogen-bond acceptors (Lipinski definition) is 3. The van der Waals surface area contributed by atoms with Gasteiger partial charge in [0, 0.05) is 0 Å². The van der Waals surface area contributed by atoms with Gasteiger partial charge in [-0.1, -0.05) is 17.7 Å². The number of nitrogens with one attached hydrogen (secondary N) is 1. The largest absolute Gasteiger partial charge is 0.285 e. The van der Waals surface area contributed by atoms with Crippen molar-refractivity contribution in [3.05, 3.63) is 29.8 Å². The molecule has 0 aliphatic carbocycles. The SMILES string of the molecule is CCS(O)(O)Nc1ccc(C)cc1. The van der Waals surface area contributed by atoms with Crippen LogP contribution in [0.15, 0.2) is 24.3 Å². The molecule has 0 aromatic heterocycles. The Morgan fingerprint density at radius 2 is 1.77 bits per heavy atom. The zero-order valence-corrected chi connectivity index (χ0v) is 8.64. The molecule has 1 aromatic carbocycles. The van der Waals surface area contributed by atoms with Gasteiger partial charge in [0.1, 0.15) is 0 Å². The highest BCUT2D eigenvalue weighted by Crippen LogP contribution is 2.37. The summed E-state index contributed by atoms with van der Waals surface area (Å²) in [5.74, 6) is 0.320. The Labute approximate surface area is 80.3 Å². The summed E-state index contributed by atoms with van der Waals surface area (Å²) in [6.07, 6.45) is 0. The van der Waals surface area contributed by atoms with Crippen molar-refractivity contribution in [2.45, 2.75) is 13.8 Å². The van der Waals surface area contributed by atoms with Crippen molar-refractivity contribution in [2.75, 3.05) is 10.5 Å². The maximum atomic E-state index is 9.37. The van der Waals surface area contributed by atoms with Gasteiger partial charge in [-0.15, -0.1) is 10.8 Å². The monoisotopic (exact) mass is 201 g/mol. The molecule has 0 fully saturated rings. The lowest BCUT2D eigenvalue weighted by Crippen LogP contribution is -2.10. The van der Waals surface area contributed by atoms with E-state index >= 15 is 0 Å². The van der Waals surface area contributed by atoms with Crippen LogP contribution in [-0.2, 0) is 0 Å². The van der Waals surface area contributed by atoms with E-state index in [4.69, 9.17) is 0 Å². The first-order chi connectivity index (χ1) is 6.03. The van der Waals surface area contributed by atoms with Crippen LogP contribution in [0.25, 0.3) is 0 Å². The van der Waals surface area contributed by atoms with E-state index in [1.165, 1.54) is 0 Å².